The summed E-state index contributed by atoms with van der Waals surface area (Å²) in [6, 6.07) is 17.8. The van der Waals surface area contributed by atoms with Gasteiger partial charge in [-0.3, -0.25) is 4.79 Å². The number of oxazole rings is 1. The SMILES string of the molecule is Cc1oc2ccc(-c3ccccc3)cc2[n+]1CCC(=O)NCN1C2CCC(C2)N1C. The fraction of sp³-hybridized carbons (Fsp3) is 0.417. The van der Waals surface area contributed by atoms with Gasteiger partial charge in [-0.2, -0.15) is 4.57 Å². The molecule has 0 spiro atoms. The first-order chi connectivity index (χ1) is 14.6. The molecule has 0 radical (unpaired) electrons. The van der Waals surface area contributed by atoms with Crippen LogP contribution in [0, 0.1) is 6.92 Å². The third kappa shape index (κ3) is 3.50. The van der Waals surface area contributed by atoms with Crippen LogP contribution in [0.25, 0.3) is 22.2 Å². The zero-order valence-electron chi connectivity index (χ0n) is 17.7. The Morgan fingerprint density at radius 2 is 1.93 bits per heavy atom. The Balaban J connectivity index is 1.26. The number of nitrogens with one attached hydrogen (secondary N) is 1. The molecule has 2 aliphatic rings. The minimum Gasteiger partial charge on any atom is -0.402 e. The molecule has 1 N–H and O–H groups in total. The van der Waals surface area contributed by atoms with E-state index in [4.69, 9.17) is 4.42 Å². The minimum absolute atomic E-state index is 0.0756. The highest BCUT2D eigenvalue weighted by Crippen LogP contribution is 2.35. The van der Waals surface area contributed by atoms with E-state index in [1.807, 2.05) is 31.2 Å². The number of amides is 1. The number of benzene rings is 2. The van der Waals surface area contributed by atoms with E-state index < -0.39 is 0 Å². The fourth-order valence-corrected chi connectivity index (χ4v) is 5.01. The van der Waals surface area contributed by atoms with E-state index in [1.165, 1.54) is 24.8 Å². The number of carbonyl (C=O) groups excluding carboxylic acids is 1. The van der Waals surface area contributed by atoms with Crippen LogP contribution in [-0.2, 0) is 11.3 Å². The lowest BCUT2D eigenvalue weighted by Crippen LogP contribution is -2.50. The van der Waals surface area contributed by atoms with Crippen molar-refractivity contribution in [3.63, 3.8) is 0 Å². The number of aromatic nitrogens is 1. The Labute approximate surface area is 177 Å². The van der Waals surface area contributed by atoms with Crippen LogP contribution in [0.3, 0.4) is 0 Å². The van der Waals surface area contributed by atoms with Gasteiger partial charge in [0.2, 0.25) is 11.5 Å². The summed E-state index contributed by atoms with van der Waals surface area (Å²) in [7, 11) is 2.14. The molecule has 1 aliphatic heterocycles. The molecule has 1 aromatic heterocycles. The molecule has 2 unspecified atom stereocenters. The molecule has 156 valence electrons. The number of rotatable bonds is 6. The molecule has 3 aromatic rings. The number of aryl methyl sites for hydroxylation is 2. The highest BCUT2D eigenvalue weighted by molar-refractivity contribution is 5.78. The Morgan fingerprint density at radius 3 is 2.70 bits per heavy atom. The normalized spacial score (nSPS) is 21.5. The van der Waals surface area contributed by atoms with Crippen molar-refractivity contribution in [3.05, 3.63) is 54.4 Å². The second-order valence-electron chi connectivity index (χ2n) is 8.46. The van der Waals surface area contributed by atoms with E-state index in [0.717, 1.165) is 22.6 Å². The van der Waals surface area contributed by atoms with Gasteiger partial charge in [0.15, 0.2) is 6.54 Å². The van der Waals surface area contributed by atoms with E-state index in [9.17, 15) is 4.79 Å². The maximum absolute atomic E-state index is 12.5. The zero-order valence-corrected chi connectivity index (χ0v) is 17.7. The third-order valence-corrected chi connectivity index (χ3v) is 6.73. The summed E-state index contributed by atoms with van der Waals surface area (Å²) < 4.78 is 8.03. The highest BCUT2D eigenvalue weighted by atomic mass is 16.3. The molecule has 6 heteroatoms. The molecular formula is C24H29N4O2+. The van der Waals surface area contributed by atoms with E-state index in [1.54, 1.807) is 0 Å². The minimum atomic E-state index is 0.0756. The maximum atomic E-state index is 12.5. The quantitative estimate of drug-likeness (QED) is 0.640. The topological polar surface area (TPSA) is 52.6 Å². The van der Waals surface area contributed by atoms with Crippen molar-refractivity contribution in [1.82, 2.24) is 15.3 Å². The Morgan fingerprint density at radius 1 is 1.13 bits per heavy atom. The van der Waals surface area contributed by atoms with Gasteiger partial charge in [0, 0.05) is 25.2 Å². The van der Waals surface area contributed by atoms with Crippen molar-refractivity contribution >= 4 is 17.0 Å². The van der Waals surface area contributed by atoms with Crippen LogP contribution in [0.2, 0.25) is 0 Å². The lowest BCUT2D eigenvalue weighted by atomic mass is 10.1. The molecule has 2 aromatic carbocycles. The van der Waals surface area contributed by atoms with Crippen LogP contribution in [0.5, 0.6) is 0 Å². The smallest absolute Gasteiger partial charge is 0.344 e. The molecule has 2 fully saturated rings. The van der Waals surface area contributed by atoms with Crippen LogP contribution in [0.4, 0.5) is 0 Å². The lowest BCUT2D eigenvalue weighted by Gasteiger charge is -2.35. The van der Waals surface area contributed by atoms with Crippen LogP contribution in [-0.4, -0.2) is 41.7 Å². The number of fused-ring (bicyclic) bond motifs is 3. The molecule has 1 aliphatic carbocycles. The largest absolute Gasteiger partial charge is 0.402 e. The second kappa shape index (κ2) is 7.85. The molecule has 2 atom stereocenters. The number of hydrogen-bond acceptors (Lipinski definition) is 4. The number of carbonyl (C=O) groups is 1. The van der Waals surface area contributed by atoms with Crippen molar-refractivity contribution in [3.8, 4) is 11.1 Å². The predicted octanol–water partition coefficient (Wildman–Crippen LogP) is 3.24. The first kappa shape index (κ1) is 19.3. The van der Waals surface area contributed by atoms with E-state index in [-0.39, 0.29) is 5.91 Å². The molecule has 6 nitrogen and oxygen atoms in total. The van der Waals surface area contributed by atoms with Crippen molar-refractivity contribution in [2.75, 3.05) is 13.7 Å². The molecular weight excluding hydrogens is 376 g/mol. The van der Waals surface area contributed by atoms with Gasteiger partial charge in [0.05, 0.1) is 20.0 Å². The van der Waals surface area contributed by atoms with Crippen LogP contribution >= 0.6 is 0 Å². The van der Waals surface area contributed by atoms with Crippen molar-refractivity contribution in [2.24, 2.45) is 0 Å². The summed E-state index contributed by atoms with van der Waals surface area (Å²) in [5, 5.41) is 7.73. The first-order valence-corrected chi connectivity index (χ1v) is 10.8. The molecule has 2 heterocycles. The van der Waals surface area contributed by atoms with Gasteiger partial charge >= 0.3 is 5.89 Å². The van der Waals surface area contributed by atoms with Crippen LogP contribution in [0.1, 0.15) is 31.6 Å². The maximum Gasteiger partial charge on any atom is 0.344 e. The summed E-state index contributed by atoms with van der Waals surface area (Å²) in [4.78, 5) is 12.5. The number of hydrogen-bond donors (Lipinski definition) is 1. The monoisotopic (exact) mass is 405 g/mol. The van der Waals surface area contributed by atoms with Gasteiger partial charge in [-0.15, -0.1) is 0 Å². The van der Waals surface area contributed by atoms with Crippen LogP contribution in [0.15, 0.2) is 52.9 Å². The average molecular weight is 406 g/mol. The van der Waals surface area contributed by atoms with Gasteiger partial charge in [-0.05, 0) is 36.5 Å². The third-order valence-electron chi connectivity index (χ3n) is 6.73. The van der Waals surface area contributed by atoms with E-state index in [0.29, 0.717) is 31.7 Å². The lowest BCUT2D eigenvalue weighted by molar-refractivity contribution is -0.681. The number of nitrogens with zero attached hydrogens (tertiary/aromatic N) is 3. The molecule has 1 saturated carbocycles. The summed E-state index contributed by atoms with van der Waals surface area (Å²) in [6.07, 6.45) is 4.18. The summed E-state index contributed by atoms with van der Waals surface area (Å²) in [5.74, 6) is 0.895. The average Bonchev–Trinajstić information content (AvgIpc) is 3.44. The van der Waals surface area contributed by atoms with Crippen LogP contribution < -0.4 is 9.88 Å². The van der Waals surface area contributed by atoms with Crippen molar-refractivity contribution in [2.45, 2.75) is 51.2 Å². The van der Waals surface area contributed by atoms with Gasteiger partial charge in [0.1, 0.15) is 0 Å². The van der Waals surface area contributed by atoms with Crippen molar-refractivity contribution in [1.29, 1.82) is 0 Å². The van der Waals surface area contributed by atoms with E-state index in [2.05, 4.69) is 51.2 Å². The molecule has 30 heavy (non-hydrogen) atoms. The highest BCUT2D eigenvalue weighted by Gasteiger charge is 2.42. The fourth-order valence-electron chi connectivity index (χ4n) is 5.01. The van der Waals surface area contributed by atoms with Crippen molar-refractivity contribution < 1.29 is 13.8 Å². The molecule has 1 saturated heterocycles. The molecule has 5 rings (SSSR count). The second-order valence-corrected chi connectivity index (χ2v) is 8.46. The molecule has 1 amide bonds. The number of hydrazine groups is 1. The van der Waals surface area contributed by atoms with Gasteiger partial charge in [-0.1, -0.05) is 36.4 Å². The van der Waals surface area contributed by atoms with E-state index >= 15 is 0 Å². The Kier molecular flexibility index (Phi) is 5.05. The molecule has 2 bridgehead atoms. The Hall–Kier alpha value is -2.70. The van der Waals surface area contributed by atoms with Gasteiger partial charge in [0.25, 0.3) is 5.52 Å². The zero-order chi connectivity index (χ0) is 20.7. The first-order valence-electron chi connectivity index (χ1n) is 10.8. The predicted molar refractivity (Wildman–Crippen MR) is 115 cm³/mol. The van der Waals surface area contributed by atoms with Gasteiger partial charge < -0.3 is 9.73 Å². The summed E-state index contributed by atoms with van der Waals surface area (Å²) >= 11 is 0. The standard InChI is InChI=1S/C24H28N4O2/c1-17-27(13-12-24(29)25-16-28-21-10-9-20(15-21)26(28)2)22-14-19(8-11-23(22)30-17)18-6-4-3-5-7-18/h3-8,11,14,20-21H,9-10,12-13,15-16H2,1-2H3/p+1. The Bertz CT molecular complexity index is 1060. The summed E-state index contributed by atoms with van der Waals surface area (Å²) in [5.41, 5.74) is 4.20. The summed E-state index contributed by atoms with van der Waals surface area (Å²) in [6.45, 7) is 3.16. The van der Waals surface area contributed by atoms with Gasteiger partial charge in [-0.25, -0.2) is 10.0 Å².